The Kier molecular flexibility index (Phi) is 4.57. The number of rotatable bonds is 3. The Balaban J connectivity index is 1.62. The van der Waals surface area contributed by atoms with Gasteiger partial charge in [-0.3, -0.25) is 14.9 Å². The second-order valence-corrected chi connectivity index (χ2v) is 5.60. The molecular formula is C17H15N5O3. The van der Waals surface area contributed by atoms with Crippen LogP contribution in [0, 0.1) is 21.4 Å². The summed E-state index contributed by atoms with van der Waals surface area (Å²) in [7, 11) is 0. The van der Waals surface area contributed by atoms with Crippen LogP contribution in [0.15, 0.2) is 42.6 Å². The maximum absolute atomic E-state index is 12.5. The number of anilines is 1. The highest BCUT2D eigenvalue weighted by Gasteiger charge is 2.23. The molecule has 8 nitrogen and oxygen atoms in total. The lowest BCUT2D eigenvalue weighted by atomic mass is 10.1. The molecule has 0 radical (unpaired) electrons. The number of carbonyl (C=O) groups is 1. The molecule has 0 spiro atoms. The van der Waals surface area contributed by atoms with E-state index >= 15 is 0 Å². The van der Waals surface area contributed by atoms with Gasteiger partial charge in [-0.25, -0.2) is 4.98 Å². The summed E-state index contributed by atoms with van der Waals surface area (Å²) in [6.45, 7) is 2.35. The van der Waals surface area contributed by atoms with Crippen molar-refractivity contribution >= 4 is 17.4 Å². The standard InChI is InChI=1S/C17H15N5O3/c18-11-13-1-6-16(19-12-13)20-7-9-21(10-8-20)17(23)14-2-4-15(5-3-14)22(24)25/h1-6,12H,7-10H2. The maximum atomic E-state index is 12.5. The molecule has 0 aliphatic carbocycles. The van der Waals surface area contributed by atoms with Crippen LogP contribution in [0.25, 0.3) is 0 Å². The molecule has 0 saturated carbocycles. The van der Waals surface area contributed by atoms with E-state index < -0.39 is 4.92 Å². The fourth-order valence-electron chi connectivity index (χ4n) is 2.69. The molecule has 1 aliphatic heterocycles. The molecule has 1 aromatic heterocycles. The summed E-state index contributed by atoms with van der Waals surface area (Å²) >= 11 is 0. The first-order valence-corrected chi connectivity index (χ1v) is 7.73. The Morgan fingerprint density at radius 3 is 2.32 bits per heavy atom. The van der Waals surface area contributed by atoms with Gasteiger partial charge in [-0.2, -0.15) is 5.26 Å². The lowest BCUT2D eigenvalue weighted by molar-refractivity contribution is -0.384. The lowest BCUT2D eigenvalue weighted by Crippen LogP contribution is -2.49. The first kappa shape index (κ1) is 16.4. The van der Waals surface area contributed by atoms with Gasteiger partial charge in [0.25, 0.3) is 11.6 Å². The van der Waals surface area contributed by atoms with Gasteiger partial charge < -0.3 is 9.80 Å². The van der Waals surface area contributed by atoms with Crippen molar-refractivity contribution < 1.29 is 9.72 Å². The van der Waals surface area contributed by atoms with Gasteiger partial charge >= 0.3 is 0 Å². The zero-order valence-electron chi connectivity index (χ0n) is 13.3. The molecule has 3 rings (SSSR count). The van der Waals surface area contributed by atoms with Gasteiger partial charge in [0.05, 0.1) is 10.5 Å². The zero-order valence-corrected chi connectivity index (χ0v) is 13.3. The molecule has 1 aromatic carbocycles. The molecule has 8 heteroatoms. The van der Waals surface area contributed by atoms with Gasteiger partial charge in [0.1, 0.15) is 11.9 Å². The number of aromatic nitrogens is 1. The van der Waals surface area contributed by atoms with Crippen LogP contribution >= 0.6 is 0 Å². The SMILES string of the molecule is N#Cc1ccc(N2CCN(C(=O)c3ccc([N+](=O)[O-])cc3)CC2)nc1. The number of benzene rings is 1. The van der Waals surface area contributed by atoms with Crippen LogP contribution in [0.2, 0.25) is 0 Å². The number of amides is 1. The molecule has 1 fully saturated rings. The quantitative estimate of drug-likeness (QED) is 0.625. The molecule has 0 bridgehead atoms. The Bertz CT molecular complexity index is 819. The monoisotopic (exact) mass is 337 g/mol. The molecule has 1 amide bonds. The Hall–Kier alpha value is -3.47. The maximum Gasteiger partial charge on any atom is 0.269 e. The van der Waals surface area contributed by atoms with E-state index in [4.69, 9.17) is 5.26 Å². The third-order valence-electron chi connectivity index (χ3n) is 4.09. The van der Waals surface area contributed by atoms with Crippen molar-refractivity contribution in [3.63, 3.8) is 0 Å². The van der Waals surface area contributed by atoms with Gasteiger partial charge in [0.15, 0.2) is 0 Å². The number of hydrogen-bond donors (Lipinski definition) is 0. The first-order valence-electron chi connectivity index (χ1n) is 7.73. The molecule has 0 N–H and O–H groups in total. The number of nitriles is 1. The number of non-ortho nitro benzene ring substituents is 1. The molecule has 2 heterocycles. The average Bonchev–Trinajstić information content (AvgIpc) is 2.67. The molecule has 0 atom stereocenters. The number of hydrogen-bond acceptors (Lipinski definition) is 6. The molecular weight excluding hydrogens is 322 g/mol. The van der Waals surface area contributed by atoms with E-state index in [1.807, 2.05) is 6.07 Å². The minimum atomic E-state index is -0.488. The summed E-state index contributed by atoms with van der Waals surface area (Å²) in [5.41, 5.74) is 0.916. The molecule has 1 saturated heterocycles. The number of nitrogens with zero attached hydrogens (tertiary/aromatic N) is 5. The van der Waals surface area contributed by atoms with Crippen molar-refractivity contribution in [1.29, 1.82) is 5.26 Å². The van der Waals surface area contributed by atoms with Crippen LogP contribution in [-0.4, -0.2) is 46.9 Å². The van der Waals surface area contributed by atoms with Crippen molar-refractivity contribution in [2.45, 2.75) is 0 Å². The lowest BCUT2D eigenvalue weighted by Gasteiger charge is -2.35. The predicted octanol–water partition coefficient (Wildman–Crippen LogP) is 1.82. The minimum absolute atomic E-state index is 0.0340. The van der Waals surface area contributed by atoms with E-state index in [0.717, 1.165) is 5.82 Å². The van der Waals surface area contributed by atoms with E-state index in [-0.39, 0.29) is 11.6 Å². The molecule has 25 heavy (non-hydrogen) atoms. The number of piperazine rings is 1. The van der Waals surface area contributed by atoms with Crippen molar-refractivity contribution in [1.82, 2.24) is 9.88 Å². The average molecular weight is 337 g/mol. The minimum Gasteiger partial charge on any atom is -0.353 e. The van der Waals surface area contributed by atoms with Crippen molar-refractivity contribution in [2.75, 3.05) is 31.1 Å². The summed E-state index contributed by atoms with van der Waals surface area (Å²) in [6, 6.07) is 11.2. The summed E-state index contributed by atoms with van der Waals surface area (Å²) in [5, 5.41) is 19.5. The van der Waals surface area contributed by atoms with Gasteiger partial charge in [-0.05, 0) is 24.3 Å². The van der Waals surface area contributed by atoms with Crippen LogP contribution in [0.3, 0.4) is 0 Å². The molecule has 0 unspecified atom stereocenters. The van der Waals surface area contributed by atoms with Crippen LogP contribution in [0.1, 0.15) is 15.9 Å². The first-order chi connectivity index (χ1) is 12.1. The third-order valence-corrected chi connectivity index (χ3v) is 4.09. The van der Waals surface area contributed by atoms with E-state index in [1.165, 1.54) is 30.5 Å². The molecule has 1 aliphatic rings. The largest absolute Gasteiger partial charge is 0.353 e. The highest BCUT2D eigenvalue weighted by Crippen LogP contribution is 2.17. The molecule has 126 valence electrons. The van der Waals surface area contributed by atoms with Crippen LogP contribution < -0.4 is 4.90 Å². The summed E-state index contributed by atoms with van der Waals surface area (Å²) in [6.07, 6.45) is 1.53. The highest BCUT2D eigenvalue weighted by atomic mass is 16.6. The second kappa shape index (κ2) is 6.97. The van der Waals surface area contributed by atoms with Gasteiger partial charge in [0, 0.05) is 50.1 Å². The number of carbonyl (C=O) groups excluding carboxylic acids is 1. The predicted molar refractivity (Wildman–Crippen MR) is 90.2 cm³/mol. The Labute approximate surface area is 144 Å². The van der Waals surface area contributed by atoms with Crippen LogP contribution in [0.5, 0.6) is 0 Å². The van der Waals surface area contributed by atoms with Crippen molar-refractivity contribution in [3.05, 3.63) is 63.8 Å². The number of nitro groups is 1. The van der Waals surface area contributed by atoms with Gasteiger partial charge in [-0.15, -0.1) is 0 Å². The summed E-state index contributed by atoms with van der Waals surface area (Å²) in [5.74, 6) is 0.642. The van der Waals surface area contributed by atoms with E-state index in [9.17, 15) is 14.9 Å². The highest BCUT2D eigenvalue weighted by molar-refractivity contribution is 5.94. The molecule has 2 aromatic rings. The van der Waals surface area contributed by atoms with E-state index in [0.29, 0.717) is 37.3 Å². The van der Waals surface area contributed by atoms with Crippen molar-refractivity contribution in [2.24, 2.45) is 0 Å². The zero-order chi connectivity index (χ0) is 17.8. The summed E-state index contributed by atoms with van der Waals surface area (Å²) in [4.78, 5) is 30.7. The normalized spacial score (nSPS) is 14.0. The van der Waals surface area contributed by atoms with E-state index in [2.05, 4.69) is 9.88 Å². The Morgan fingerprint density at radius 1 is 1.12 bits per heavy atom. The fourth-order valence-corrected chi connectivity index (χ4v) is 2.69. The van der Waals surface area contributed by atoms with Gasteiger partial charge in [0.2, 0.25) is 0 Å². The summed E-state index contributed by atoms with van der Waals surface area (Å²) < 4.78 is 0. The third kappa shape index (κ3) is 3.55. The Morgan fingerprint density at radius 2 is 1.80 bits per heavy atom. The topological polar surface area (TPSA) is 103 Å². The van der Waals surface area contributed by atoms with E-state index in [1.54, 1.807) is 17.0 Å². The van der Waals surface area contributed by atoms with Crippen LogP contribution in [0.4, 0.5) is 11.5 Å². The second-order valence-electron chi connectivity index (χ2n) is 5.60. The van der Waals surface area contributed by atoms with Crippen LogP contribution in [-0.2, 0) is 0 Å². The smallest absolute Gasteiger partial charge is 0.269 e. The van der Waals surface area contributed by atoms with Gasteiger partial charge in [-0.1, -0.05) is 0 Å². The number of pyridine rings is 1. The number of nitro benzene ring substituents is 1. The van der Waals surface area contributed by atoms with Crippen molar-refractivity contribution in [3.8, 4) is 6.07 Å². The fraction of sp³-hybridized carbons (Fsp3) is 0.235.